The number of carbonyl (C=O) groups excluding carboxylic acids is 12. The highest BCUT2D eigenvalue weighted by Gasteiger charge is 2.64. The average molecular weight is 1990 g/mol. The van der Waals surface area contributed by atoms with Crippen molar-refractivity contribution >= 4 is 94.6 Å². The number of rotatable bonds is 33. The number of benzene rings is 10. The van der Waals surface area contributed by atoms with Crippen molar-refractivity contribution in [3.05, 3.63) is 388 Å². The van der Waals surface area contributed by atoms with Crippen molar-refractivity contribution in [1.29, 1.82) is 0 Å². The number of ether oxygens (including phenoxy) is 19. The van der Waals surface area contributed by atoms with Crippen LogP contribution in [-0.4, -0.2) is 240 Å². The van der Waals surface area contributed by atoms with Crippen molar-refractivity contribution in [3.8, 4) is 11.4 Å². The van der Waals surface area contributed by atoms with E-state index in [0.29, 0.717) is 11.4 Å². The largest absolute Gasteiger partial charge is 0.459 e. The molecule has 0 radical (unpaired) electrons. The van der Waals surface area contributed by atoms with E-state index in [1.807, 2.05) is 0 Å². The summed E-state index contributed by atoms with van der Waals surface area (Å²) in [4.78, 5) is 192. The summed E-state index contributed by atoms with van der Waals surface area (Å²) in [6.45, 7) is 0.623. The average Bonchev–Trinajstić information content (AvgIpc) is 1.42. The van der Waals surface area contributed by atoms with E-state index >= 15 is 33.6 Å². The second-order valence-corrected chi connectivity index (χ2v) is 36.2. The summed E-state index contributed by atoms with van der Waals surface area (Å²) in [7, 11) is 0. The van der Waals surface area contributed by atoms with Crippen molar-refractivity contribution in [2.24, 2.45) is 0 Å². The Bertz CT molecular complexity index is 6520. The van der Waals surface area contributed by atoms with Crippen molar-refractivity contribution in [2.75, 3.05) is 26.4 Å². The van der Waals surface area contributed by atoms with Gasteiger partial charge in [-0.1, -0.05) is 194 Å². The number of thiazole rings is 1. The topological polar surface area (TPSA) is 409 Å². The van der Waals surface area contributed by atoms with Gasteiger partial charge in [0.15, 0.2) is 71.7 Å². The van der Waals surface area contributed by atoms with Crippen LogP contribution in [0.25, 0.3) is 11.4 Å². The smallest absolute Gasteiger partial charge is 0.338 e. The molecule has 34 nitrogen and oxygen atoms in total. The number of imide groups is 1. The van der Waals surface area contributed by atoms with E-state index in [1.54, 1.807) is 159 Å². The van der Waals surface area contributed by atoms with Crippen LogP contribution in [0.4, 0.5) is 0 Å². The van der Waals surface area contributed by atoms with Gasteiger partial charge in [0.1, 0.15) is 85.8 Å². The molecule has 8 heterocycles. The predicted octanol–water partition coefficient (Wildman–Crippen LogP) is 14.0. The molecule has 736 valence electrons. The Labute approximate surface area is 831 Å². The molecule has 0 spiro atoms. The third-order valence-electron chi connectivity index (χ3n) is 24.0. The van der Waals surface area contributed by atoms with Gasteiger partial charge in [0.05, 0.1) is 73.5 Å². The minimum Gasteiger partial charge on any atom is -0.459 e. The van der Waals surface area contributed by atoms with Crippen LogP contribution in [0, 0.1) is 0 Å². The number of hydrogen-bond donors (Lipinski definition) is 0. The van der Waals surface area contributed by atoms with E-state index < -0.39 is 226 Å². The van der Waals surface area contributed by atoms with Crippen LogP contribution in [-0.2, 0) is 94.8 Å². The number of thioether (sulfide) groups is 1. The van der Waals surface area contributed by atoms with Crippen molar-refractivity contribution in [3.63, 3.8) is 0 Å². The van der Waals surface area contributed by atoms with Crippen LogP contribution < -0.4 is 0 Å². The molecular weight excluding hydrogens is 1900 g/mol. The molecule has 10 aromatic carbocycles. The molecule has 0 saturated carbocycles. The molecule has 6 aliphatic rings. The van der Waals surface area contributed by atoms with Crippen LogP contribution in [0.1, 0.15) is 135 Å². The van der Waals surface area contributed by atoms with Crippen molar-refractivity contribution in [2.45, 2.75) is 153 Å². The summed E-state index contributed by atoms with van der Waals surface area (Å²) in [6.07, 6.45) is -34.1. The highest BCUT2D eigenvalue weighted by Crippen LogP contribution is 2.47. The standard InChI is InChI=1S/C108H91N3O31S2/c1-62(112)128-85-80(111-92(113)72-53-31-32-54-73(72)93(111)114)106(144-107-110-75(61-143-107)74-55-33-34-56-109-74)132-78(81(85)139-104-90(137-101(122)70-49-27-11-28-50-70)86(134-98(119)67-43-21-8-22-44-67)82(133-97(118)66-41-19-7-20-42-66)76(130-104)57-124-94(115)63-35-13-4-14-36-63)60-127-103-89(136-100(121)69-47-25-10-26-48-69)87(135-99(120)68-45-23-9-24-46-68)83(77(129-103)58-125-95(116)64-37-15-5-16-38-64)140-105-91(138-102(123)71-51-29-12-30-52-71)88-84(141-108(2,3)142-88)79(131-105)59-126-96(117)65-39-17-6-18-40-65/h4-56,61,76-91,103-106H,57-60H2,1-3H3. The first kappa shape index (κ1) is 99.0. The number of aromatic nitrogens is 2. The lowest BCUT2D eigenvalue weighted by Crippen LogP contribution is -2.69. The maximum Gasteiger partial charge on any atom is 0.338 e. The summed E-state index contributed by atoms with van der Waals surface area (Å²) in [5.41, 5.74) is -1.56. The minimum atomic E-state index is -2.37. The number of carbonyl (C=O) groups is 12. The van der Waals surface area contributed by atoms with Crippen LogP contribution in [0.2, 0.25) is 0 Å². The molecule has 5 saturated heterocycles. The van der Waals surface area contributed by atoms with E-state index in [1.165, 1.54) is 182 Å². The summed E-state index contributed by atoms with van der Waals surface area (Å²) >= 11 is 1.89. The second-order valence-electron chi connectivity index (χ2n) is 34.0. The fourth-order valence-electron chi connectivity index (χ4n) is 17.2. The normalized spacial score (nSPS) is 25.0. The van der Waals surface area contributed by atoms with Crippen molar-refractivity contribution in [1.82, 2.24) is 14.9 Å². The van der Waals surface area contributed by atoms with Crippen LogP contribution in [0.5, 0.6) is 0 Å². The van der Waals surface area contributed by atoms with E-state index in [9.17, 15) is 24.0 Å². The van der Waals surface area contributed by atoms with E-state index in [2.05, 4.69) is 4.98 Å². The fraction of sp³-hybridized carbons (Fsp3) is 0.259. The van der Waals surface area contributed by atoms with Crippen LogP contribution >= 0.6 is 23.1 Å². The molecule has 0 N–H and O–H groups in total. The summed E-state index contributed by atoms with van der Waals surface area (Å²) in [6, 6.07) is 77.6. The molecule has 18 rings (SSSR count). The van der Waals surface area contributed by atoms with Crippen molar-refractivity contribution < 1.29 is 148 Å². The summed E-state index contributed by atoms with van der Waals surface area (Å²) < 4.78 is 129. The molecule has 20 unspecified atom stereocenters. The maximum atomic E-state index is 15.8. The molecular formula is C108H91N3O31S2. The Hall–Kier alpha value is -15.2. The van der Waals surface area contributed by atoms with Gasteiger partial charge in [-0.2, -0.15) is 0 Å². The monoisotopic (exact) mass is 1990 g/mol. The molecule has 0 aliphatic carbocycles. The zero-order chi connectivity index (χ0) is 99.9. The number of pyridine rings is 1. The van der Waals surface area contributed by atoms with Gasteiger partial charge in [-0.15, -0.1) is 11.3 Å². The van der Waals surface area contributed by atoms with Gasteiger partial charge in [-0.3, -0.25) is 24.3 Å². The minimum absolute atomic E-state index is 0.00660. The van der Waals surface area contributed by atoms with Gasteiger partial charge in [0.25, 0.3) is 11.8 Å². The Morgan fingerprint density at radius 3 is 1.08 bits per heavy atom. The highest BCUT2D eigenvalue weighted by molar-refractivity contribution is 8.01. The zero-order valence-corrected chi connectivity index (χ0v) is 78.5. The highest BCUT2D eigenvalue weighted by atomic mass is 32.2. The fourth-order valence-corrected chi connectivity index (χ4v) is 19.4. The third-order valence-corrected chi connectivity index (χ3v) is 26.1. The lowest BCUT2D eigenvalue weighted by Gasteiger charge is -2.51. The molecule has 36 heteroatoms. The van der Waals surface area contributed by atoms with E-state index in [0.717, 1.165) is 34.9 Å². The number of hydrogen-bond acceptors (Lipinski definition) is 35. The van der Waals surface area contributed by atoms with Gasteiger partial charge in [-0.05, 0) is 147 Å². The quantitative estimate of drug-likeness (QED) is 0.0209. The van der Waals surface area contributed by atoms with Gasteiger partial charge in [0.2, 0.25) is 0 Å². The number of fused-ring (bicyclic) bond motifs is 2. The zero-order valence-electron chi connectivity index (χ0n) is 76.9. The molecule has 20 atom stereocenters. The first-order valence-corrected chi connectivity index (χ1v) is 47.6. The van der Waals surface area contributed by atoms with E-state index in [4.69, 9.17) is 95.0 Å². The number of esters is 10. The number of amides is 2. The van der Waals surface area contributed by atoms with Gasteiger partial charge in [0, 0.05) is 18.5 Å². The third kappa shape index (κ3) is 23.1. The summed E-state index contributed by atoms with van der Waals surface area (Å²) in [5.74, 6) is -13.9. The molecule has 5 fully saturated rings. The van der Waals surface area contributed by atoms with Crippen LogP contribution in [0.3, 0.4) is 0 Å². The molecule has 6 aliphatic heterocycles. The number of nitrogens with zero attached hydrogens (tertiary/aromatic N) is 3. The van der Waals surface area contributed by atoms with Gasteiger partial charge >= 0.3 is 59.7 Å². The van der Waals surface area contributed by atoms with E-state index in [-0.39, 0.29) is 65.5 Å². The first-order valence-electron chi connectivity index (χ1n) is 45.8. The summed E-state index contributed by atoms with van der Waals surface area (Å²) in [5, 5.41) is 1.67. The first-order chi connectivity index (χ1) is 70.0. The second kappa shape index (κ2) is 45.4. The molecule has 2 aromatic heterocycles. The Morgan fingerprint density at radius 2 is 0.660 bits per heavy atom. The van der Waals surface area contributed by atoms with Crippen LogP contribution in [0.15, 0.2) is 331 Å². The molecule has 12 aromatic rings. The Balaban J connectivity index is 0.815. The lowest BCUT2D eigenvalue weighted by atomic mass is 9.94. The van der Waals surface area contributed by atoms with Gasteiger partial charge in [-0.25, -0.2) is 48.1 Å². The molecule has 2 amide bonds. The predicted molar refractivity (Wildman–Crippen MR) is 506 cm³/mol. The molecule has 0 bridgehead atoms. The van der Waals surface area contributed by atoms with Gasteiger partial charge < -0.3 is 90.0 Å². The molecule has 144 heavy (non-hydrogen) atoms. The Morgan fingerprint density at radius 1 is 0.333 bits per heavy atom. The Kier molecular flexibility index (Phi) is 31.2. The lowest BCUT2D eigenvalue weighted by molar-refractivity contribution is -0.357. The maximum absolute atomic E-state index is 15.8. The SMILES string of the molecule is CC(=O)OC1C(OC2OC(COC(=O)c3ccccc3)C(OC(=O)c3ccccc3)C(OC(=O)c3ccccc3)C2OC(=O)c2ccccc2)C(COC2OC(COC(=O)c3ccccc3)C(OC3OC(COC(=O)c4ccccc4)C4OC(C)(C)OC4C3OC(=O)c3ccccc3)C(OC(=O)c3ccccc3)C2OC(=O)c2ccccc2)OC(Sc2nc(-c3ccccn3)cs2)C1N1C(=O)c2ccccc2C1=O.